The highest BCUT2D eigenvalue weighted by Crippen LogP contribution is 2.10. The summed E-state index contributed by atoms with van der Waals surface area (Å²) in [7, 11) is -2.18. The summed E-state index contributed by atoms with van der Waals surface area (Å²) in [5.74, 6) is 0. The molecule has 0 aliphatic heterocycles. The van der Waals surface area contributed by atoms with Gasteiger partial charge in [0.2, 0.25) is 0 Å². The van der Waals surface area contributed by atoms with Gasteiger partial charge in [-0.3, -0.25) is 4.18 Å². The summed E-state index contributed by atoms with van der Waals surface area (Å²) >= 11 is 0. The van der Waals surface area contributed by atoms with E-state index in [0.29, 0.717) is 0 Å². The van der Waals surface area contributed by atoms with E-state index < -0.39 is 10.1 Å². The van der Waals surface area contributed by atoms with Crippen molar-refractivity contribution in [2.75, 3.05) is 20.3 Å². The Morgan fingerprint density at radius 3 is 2.41 bits per heavy atom. The van der Waals surface area contributed by atoms with Gasteiger partial charge in [-0.2, -0.15) is 8.42 Å². The molecule has 1 aromatic rings. The molecule has 0 fully saturated rings. The van der Waals surface area contributed by atoms with Crippen molar-refractivity contribution in [1.29, 1.82) is 0 Å². The standard InChI is InChI=1S/C11H16O5S/c1-10(14-2)15-8-9-16-17(12,13)11-6-4-3-5-7-11/h3-7,10H,8-9H2,1-2H3. The number of ether oxygens (including phenoxy) is 2. The van der Waals surface area contributed by atoms with Gasteiger partial charge in [-0.1, -0.05) is 18.2 Å². The van der Waals surface area contributed by atoms with Crippen LogP contribution in [0.4, 0.5) is 0 Å². The summed E-state index contributed by atoms with van der Waals surface area (Å²) in [5, 5.41) is 0. The van der Waals surface area contributed by atoms with Gasteiger partial charge < -0.3 is 9.47 Å². The summed E-state index contributed by atoms with van der Waals surface area (Å²) < 4.78 is 38.0. The van der Waals surface area contributed by atoms with E-state index >= 15 is 0 Å². The van der Waals surface area contributed by atoms with Crippen LogP contribution in [0.25, 0.3) is 0 Å². The molecule has 0 saturated heterocycles. The van der Waals surface area contributed by atoms with Gasteiger partial charge in [-0.05, 0) is 19.1 Å². The lowest BCUT2D eigenvalue weighted by Gasteiger charge is -2.10. The molecule has 1 rings (SSSR count). The Morgan fingerprint density at radius 2 is 1.82 bits per heavy atom. The van der Waals surface area contributed by atoms with Crippen LogP contribution in [0.15, 0.2) is 35.2 Å². The predicted octanol–water partition coefficient (Wildman–Crippen LogP) is 1.40. The zero-order valence-electron chi connectivity index (χ0n) is 9.83. The summed E-state index contributed by atoms with van der Waals surface area (Å²) in [6.07, 6.45) is -0.377. The highest BCUT2D eigenvalue weighted by Gasteiger charge is 2.14. The summed E-state index contributed by atoms with van der Waals surface area (Å²) in [5.41, 5.74) is 0. The maximum Gasteiger partial charge on any atom is 0.297 e. The van der Waals surface area contributed by atoms with Crippen LogP contribution in [0.3, 0.4) is 0 Å². The van der Waals surface area contributed by atoms with Gasteiger partial charge in [0.15, 0.2) is 6.29 Å². The van der Waals surface area contributed by atoms with E-state index in [1.807, 2.05) is 0 Å². The monoisotopic (exact) mass is 260 g/mol. The topological polar surface area (TPSA) is 61.8 Å². The summed E-state index contributed by atoms with van der Waals surface area (Å²) in [4.78, 5) is 0.139. The SMILES string of the molecule is COC(C)OCCOS(=O)(=O)c1ccccc1. The first-order chi connectivity index (χ1) is 8.06. The zero-order valence-corrected chi connectivity index (χ0v) is 10.6. The van der Waals surface area contributed by atoms with E-state index in [-0.39, 0.29) is 24.4 Å². The van der Waals surface area contributed by atoms with Crippen molar-refractivity contribution in [2.45, 2.75) is 18.1 Å². The molecule has 1 aromatic carbocycles. The van der Waals surface area contributed by atoms with Gasteiger partial charge in [0.25, 0.3) is 10.1 Å². The Labute approximate surface area is 101 Å². The number of rotatable bonds is 7. The minimum Gasteiger partial charge on any atom is -0.356 e. The van der Waals surface area contributed by atoms with Gasteiger partial charge >= 0.3 is 0 Å². The second-order valence-electron chi connectivity index (χ2n) is 3.26. The third kappa shape index (κ3) is 4.82. The van der Waals surface area contributed by atoms with Crippen LogP contribution in [-0.4, -0.2) is 35.0 Å². The van der Waals surface area contributed by atoms with Crippen LogP contribution in [0, 0.1) is 0 Å². The number of methoxy groups -OCH3 is 1. The Kier molecular flexibility index (Phi) is 5.57. The molecule has 5 nitrogen and oxygen atoms in total. The Hall–Kier alpha value is -0.950. The molecule has 0 bridgehead atoms. The average Bonchev–Trinajstić information content (AvgIpc) is 2.35. The summed E-state index contributed by atoms with van der Waals surface area (Å²) in [6.45, 7) is 1.83. The highest BCUT2D eigenvalue weighted by molar-refractivity contribution is 7.86. The lowest BCUT2D eigenvalue weighted by Crippen LogP contribution is -2.16. The van der Waals surface area contributed by atoms with Crippen molar-refractivity contribution >= 4 is 10.1 Å². The van der Waals surface area contributed by atoms with Crippen LogP contribution in [0.5, 0.6) is 0 Å². The van der Waals surface area contributed by atoms with Crippen molar-refractivity contribution in [3.8, 4) is 0 Å². The molecule has 6 heteroatoms. The average molecular weight is 260 g/mol. The van der Waals surface area contributed by atoms with Gasteiger partial charge in [-0.15, -0.1) is 0 Å². The highest BCUT2D eigenvalue weighted by atomic mass is 32.2. The van der Waals surface area contributed by atoms with Crippen molar-refractivity contribution in [2.24, 2.45) is 0 Å². The molecule has 0 radical (unpaired) electrons. The van der Waals surface area contributed by atoms with Crippen molar-refractivity contribution in [3.05, 3.63) is 30.3 Å². The molecule has 0 aliphatic rings. The molecule has 1 atom stereocenters. The number of hydrogen-bond acceptors (Lipinski definition) is 5. The van der Waals surface area contributed by atoms with E-state index in [9.17, 15) is 8.42 Å². The lowest BCUT2D eigenvalue weighted by atomic mass is 10.4. The molecule has 0 amide bonds. The summed E-state index contributed by atoms with van der Waals surface area (Å²) in [6, 6.07) is 7.98. The number of hydrogen-bond donors (Lipinski definition) is 0. The second kappa shape index (κ2) is 6.70. The minimum atomic E-state index is -3.69. The fourth-order valence-electron chi connectivity index (χ4n) is 1.08. The van der Waals surface area contributed by atoms with Gasteiger partial charge in [-0.25, -0.2) is 0 Å². The second-order valence-corrected chi connectivity index (χ2v) is 4.88. The maximum atomic E-state index is 11.6. The molecule has 0 N–H and O–H groups in total. The Morgan fingerprint density at radius 1 is 1.18 bits per heavy atom. The van der Waals surface area contributed by atoms with E-state index in [0.717, 1.165) is 0 Å². The normalized spacial score (nSPS) is 13.5. The molecule has 0 aliphatic carbocycles. The molecule has 96 valence electrons. The van der Waals surface area contributed by atoms with E-state index in [1.54, 1.807) is 25.1 Å². The van der Waals surface area contributed by atoms with E-state index in [4.69, 9.17) is 13.7 Å². The molecule has 1 unspecified atom stereocenters. The molecule has 17 heavy (non-hydrogen) atoms. The largest absolute Gasteiger partial charge is 0.356 e. The van der Waals surface area contributed by atoms with E-state index in [2.05, 4.69) is 0 Å². The quantitative estimate of drug-likeness (QED) is 0.421. The first-order valence-electron chi connectivity index (χ1n) is 5.15. The van der Waals surface area contributed by atoms with Crippen molar-refractivity contribution in [3.63, 3.8) is 0 Å². The molecule has 0 saturated carbocycles. The fourth-order valence-corrected chi connectivity index (χ4v) is 2.00. The number of benzene rings is 1. The van der Waals surface area contributed by atoms with Crippen molar-refractivity contribution in [1.82, 2.24) is 0 Å². The van der Waals surface area contributed by atoms with Gasteiger partial charge in [0, 0.05) is 7.11 Å². The molecular formula is C11H16O5S. The molecule has 0 aromatic heterocycles. The molecule has 0 heterocycles. The molecule has 0 spiro atoms. The van der Waals surface area contributed by atoms with Gasteiger partial charge in [0.05, 0.1) is 18.1 Å². The first kappa shape index (κ1) is 14.1. The third-order valence-corrected chi connectivity index (χ3v) is 3.36. The van der Waals surface area contributed by atoms with Crippen LogP contribution in [0.2, 0.25) is 0 Å². The first-order valence-corrected chi connectivity index (χ1v) is 6.56. The Bertz CT molecular complexity index is 415. The smallest absolute Gasteiger partial charge is 0.297 e. The maximum absolute atomic E-state index is 11.6. The predicted molar refractivity (Wildman–Crippen MR) is 62.0 cm³/mol. The lowest BCUT2D eigenvalue weighted by molar-refractivity contribution is -0.115. The van der Waals surface area contributed by atoms with Gasteiger partial charge in [0.1, 0.15) is 0 Å². The zero-order chi connectivity index (χ0) is 12.7. The van der Waals surface area contributed by atoms with Crippen LogP contribution >= 0.6 is 0 Å². The molecular weight excluding hydrogens is 244 g/mol. The minimum absolute atomic E-state index is 0.0368. The fraction of sp³-hybridized carbons (Fsp3) is 0.455. The van der Waals surface area contributed by atoms with Crippen molar-refractivity contribution < 1.29 is 22.1 Å². The van der Waals surface area contributed by atoms with Crippen LogP contribution in [-0.2, 0) is 23.8 Å². The Balaban J connectivity index is 2.41. The third-order valence-electron chi connectivity index (χ3n) is 2.04. The van der Waals surface area contributed by atoms with Crippen LogP contribution < -0.4 is 0 Å². The van der Waals surface area contributed by atoms with E-state index in [1.165, 1.54) is 19.2 Å². The van der Waals surface area contributed by atoms with Crippen LogP contribution in [0.1, 0.15) is 6.92 Å².